The van der Waals surface area contributed by atoms with Gasteiger partial charge in [0.15, 0.2) is 0 Å². The highest BCUT2D eigenvalue weighted by atomic mass is 35.5. The number of hydrogen-bond acceptors (Lipinski definition) is 2. The van der Waals surface area contributed by atoms with E-state index in [1.165, 1.54) is 22.5 Å². The van der Waals surface area contributed by atoms with Crippen LogP contribution in [0.3, 0.4) is 0 Å². The molecular weight excluding hydrogens is 397 g/mol. The molecular formula is C22H21ClFNO2S. The maximum atomic E-state index is 14.3. The molecule has 3 nitrogen and oxygen atoms in total. The van der Waals surface area contributed by atoms with Gasteiger partial charge in [0.05, 0.1) is 16.6 Å². The molecule has 0 aliphatic heterocycles. The molecule has 0 N–H and O–H groups in total. The quantitative estimate of drug-likeness (QED) is 0.506. The van der Waals surface area contributed by atoms with Crippen LogP contribution in [0.5, 0.6) is 0 Å². The van der Waals surface area contributed by atoms with Gasteiger partial charge in [0, 0.05) is 5.02 Å². The fourth-order valence-corrected chi connectivity index (χ4v) is 4.91. The molecule has 146 valence electrons. The molecule has 3 aromatic rings. The summed E-state index contributed by atoms with van der Waals surface area (Å²) >= 11 is 6.17. The van der Waals surface area contributed by atoms with Gasteiger partial charge in [-0.3, -0.25) is 4.31 Å². The lowest BCUT2D eigenvalue weighted by Gasteiger charge is -2.31. The van der Waals surface area contributed by atoms with Gasteiger partial charge in [-0.25, -0.2) is 12.8 Å². The van der Waals surface area contributed by atoms with Crippen molar-refractivity contribution in [2.45, 2.75) is 31.7 Å². The third kappa shape index (κ3) is 3.91. The maximum Gasteiger partial charge on any atom is 0.264 e. The molecule has 0 aliphatic carbocycles. The number of aryl methyl sites for hydroxylation is 2. The lowest BCUT2D eigenvalue weighted by atomic mass is 10.1. The molecule has 0 heterocycles. The number of anilines is 1. The van der Waals surface area contributed by atoms with E-state index in [1.807, 2.05) is 30.3 Å². The Bertz CT molecular complexity index is 1100. The summed E-state index contributed by atoms with van der Waals surface area (Å²) in [5.41, 5.74) is 2.29. The molecule has 0 spiro atoms. The average molecular weight is 418 g/mol. The minimum absolute atomic E-state index is 0.0619. The van der Waals surface area contributed by atoms with E-state index in [2.05, 4.69) is 0 Å². The van der Waals surface area contributed by atoms with Crippen molar-refractivity contribution < 1.29 is 12.8 Å². The predicted octanol–water partition coefficient (Wildman–Crippen LogP) is 6.05. The molecule has 6 heteroatoms. The Hall–Kier alpha value is -2.37. The van der Waals surface area contributed by atoms with Gasteiger partial charge in [-0.05, 0) is 61.7 Å². The Kier molecular flexibility index (Phi) is 5.77. The van der Waals surface area contributed by atoms with Gasteiger partial charge in [-0.1, -0.05) is 54.1 Å². The second-order valence-corrected chi connectivity index (χ2v) is 8.95. The Morgan fingerprint density at radius 1 is 0.929 bits per heavy atom. The fourth-order valence-electron chi connectivity index (χ4n) is 3.00. The van der Waals surface area contributed by atoms with E-state index in [4.69, 9.17) is 11.6 Å². The van der Waals surface area contributed by atoms with Gasteiger partial charge in [-0.15, -0.1) is 0 Å². The lowest BCUT2D eigenvalue weighted by Crippen LogP contribution is -2.34. The third-order valence-corrected chi connectivity index (χ3v) is 7.05. The molecule has 0 radical (unpaired) electrons. The van der Waals surface area contributed by atoms with E-state index in [0.29, 0.717) is 10.6 Å². The lowest BCUT2D eigenvalue weighted by molar-refractivity contribution is 0.581. The first-order valence-corrected chi connectivity index (χ1v) is 10.7. The molecule has 3 aromatic carbocycles. The summed E-state index contributed by atoms with van der Waals surface area (Å²) in [4.78, 5) is 0.0619. The number of halogens is 2. The van der Waals surface area contributed by atoms with Gasteiger partial charge in [0.25, 0.3) is 10.0 Å². The maximum absolute atomic E-state index is 14.3. The van der Waals surface area contributed by atoms with Crippen LogP contribution in [-0.4, -0.2) is 8.42 Å². The normalized spacial score (nSPS) is 12.6. The standard InChI is InChI=1S/C22H21ClFNO2S/c1-15-10-12-20(14-21(15)23)28(26,27)25(17(3)18-7-5-4-6-8-18)19-11-9-16(2)22(24)13-19/h4-14,17H,1-3H3/t17-/m1/s1. The first kappa shape index (κ1) is 20.4. The molecule has 28 heavy (non-hydrogen) atoms. The number of rotatable bonds is 5. The zero-order valence-electron chi connectivity index (χ0n) is 15.9. The highest BCUT2D eigenvalue weighted by Gasteiger charge is 2.31. The van der Waals surface area contributed by atoms with Crippen molar-refractivity contribution in [3.05, 3.63) is 94.3 Å². The third-order valence-electron chi connectivity index (χ3n) is 4.74. The molecule has 0 aliphatic rings. The molecule has 3 rings (SSSR count). The average Bonchev–Trinajstić information content (AvgIpc) is 2.67. The van der Waals surface area contributed by atoms with Gasteiger partial charge in [0.1, 0.15) is 5.82 Å². The topological polar surface area (TPSA) is 37.4 Å². The molecule has 0 saturated heterocycles. The number of sulfonamides is 1. The smallest absolute Gasteiger partial charge is 0.259 e. The van der Waals surface area contributed by atoms with E-state index in [-0.39, 0.29) is 10.6 Å². The van der Waals surface area contributed by atoms with E-state index in [9.17, 15) is 12.8 Å². The van der Waals surface area contributed by atoms with E-state index in [0.717, 1.165) is 11.1 Å². The number of hydrogen-bond donors (Lipinski definition) is 0. The van der Waals surface area contributed by atoms with Crippen molar-refractivity contribution in [2.75, 3.05) is 4.31 Å². The van der Waals surface area contributed by atoms with Crippen LogP contribution in [0.25, 0.3) is 0 Å². The van der Waals surface area contributed by atoms with E-state index >= 15 is 0 Å². The Morgan fingerprint density at radius 3 is 2.18 bits per heavy atom. The minimum atomic E-state index is -3.99. The van der Waals surface area contributed by atoms with Crippen LogP contribution in [0.4, 0.5) is 10.1 Å². The van der Waals surface area contributed by atoms with Crippen LogP contribution >= 0.6 is 11.6 Å². The Balaban J connectivity index is 2.19. The summed E-state index contributed by atoms with van der Waals surface area (Å²) in [5.74, 6) is -0.458. The van der Waals surface area contributed by atoms with Crippen LogP contribution in [-0.2, 0) is 10.0 Å². The first-order valence-electron chi connectivity index (χ1n) is 8.83. The second kappa shape index (κ2) is 7.94. The predicted molar refractivity (Wildman–Crippen MR) is 112 cm³/mol. The van der Waals surface area contributed by atoms with E-state index in [1.54, 1.807) is 39.0 Å². The molecule has 0 aromatic heterocycles. The summed E-state index contributed by atoms with van der Waals surface area (Å²) in [7, 11) is -3.99. The minimum Gasteiger partial charge on any atom is -0.259 e. The summed E-state index contributed by atoms with van der Waals surface area (Å²) in [6, 6.07) is 17.8. The summed E-state index contributed by atoms with van der Waals surface area (Å²) in [6.07, 6.45) is 0. The van der Waals surface area contributed by atoms with Crippen LogP contribution in [0.1, 0.15) is 29.7 Å². The molecule has 0 saturated carbocycles. The fraction of sp³-hybridized carbons (Fsp3) is 0.182. The van der Waals surface area contributed by atoms with E-state index < -0.39 is 21.9 Å². The largest absolute Gasteiger partial charge is 0.264 e. The van der Waals surface area contributed by atoms with Crippen molar-refractivity contribution in [3.8, 4) is 0 Å². The Morgan fingerprint density at radius 2 is 1.57 bits per heavy atom. The summed E-state index contributed by atoms with van der Waals surface area (Å²) < 4.78 is 42.6. The van der Waals surface area contributed by atoms with Crippen molar-refractivity contribution in [2.24, 2.45) is 0 Å². The monoisotopic (exact) mass is 417 g/mol. The van der Waals surface area contributed by atoms with Crippen molar-refractivity contribution in [3.63, 3.8) is 0 Å². The van der Waals surface area contributed by atoms with Crippen LogP contribution in [0.2, 0.25) is 5.02 Å². The zero-order valence-corrected chi connectivity index (χ0v) is 17.4. The Labute approximate surface area is 170 Å². The highest BCUT2D eigenvalue weighted by molar-refractivity contribution is 7.92. The summed E-state index contributed by atoms with van der Waals surface area (Å²) in [5, 5.41) is 0.364. The van der Waals surface area contributed by atoms with Crippen molar-refractivity contribution >= 4 is 27.3 Å². The van der Waals surface area contributed by atoms with Crippen LogP contribution in [0, 0.1) is 19.7 Å². The van der Waals surface area contributed by atoms with Crippen LogP contribution in [0.15, 0.2) is 71.6 Å². The van der Waals surface area contributed by atoms with Crippen molar-refractivity contribution in [1.29, 1.82) is 0 Å². The SMILES string of the molecule is Cc1ccc(N([C@H](C)c2ccccc2)S(=O)(=O)c2ccc(C)c(Cl)c2)cc1F. The molecule has 0 amide bonds. The second-order valence-electron chi connectivity index (χ2n) is 6.73. The molecule has 0 unspecified atom stereocenters. The van der Waals surface area contributed by atoms with Crippen LogP contribution < -0.4 is 4.31 Å². The number of nitrogens with zero attached hydrogens (tertiary/aromatic N) is 1. The van der Waals surface area contributed by atoms with Gasteiger partial charge < -0.3 is 0 Å². The highest BCUT2D eigenvalue weighted by Crippen LogP contribution is 2.35. The zero-order chi connectivity index (χ0) is 20.5. The van der Waals surface area contributed by atoms with Gasteiger partial charge in [-0.2, -0.15) is 0 Å². The van der Waals surface area contributed by atoms with Gasteiger partial charge in [0.2, 0.25) is 0 Å². The first-order chi connectivity index (χ1) is 13.2. The van der Waals surface area contributed by atoms with Crippen molar-refractivity contribution in [1.82, 2.24) is 0 Å². The molecule has 0 fully saturated rings. The van der Waals surface area contributed by atoms with Gasteiger partial charge >= 0.3 is 0 Å². The number of benzene rings is 3. The molecule has 1 atom stereocenters. The summed E-state index contributed by atoms with van der Waals surface area (Å²) in [6.45, 7) is 5.22. The molecule has 0 bridgehead atoms.